The standard InChI is InChI=1S/C31H57O5P/c1-8-9-10-11-12-13-14-15-16-17-18-19-20-21-22-36-29(32)25-23-26(30(2,3)4)28(37(33,34)35)27(24-25)31(5,6)7/h23-24,33-35,37H,8-22H2,1-7H3. The minimum atomic E-state index is -4.62. The van der Waals surface area contributed by atoms with Gasteiger partial charge in [-0.15, -0.1) is 0 Å². The van der Waals surface area contributed by atoms with Crippen molar-refractivity contribution in [3.05, 3.63) is 28.8 Å². The molecule has 37 heavy (non-hydrogen) atoms. The van der Waals surface area contributed by atoms with Crippen molar-refractivity contribution in [2.45, 2.75) is 149 Å². The zero-order valence-corrected chi connectivity index (χ0v) is 25.9. The molecule has 5 nitrogen and oxygen atoms in total. The van der Waals surface area contributed by atoms with E-state index in [1.807, 2.05) is 41.5 Å². The van der Waals surface area contributed by atoms with E-state index in [1.165, 1.54) is 77.0 Å². The average molecular weight is 541 g/mol. The van der Waals surface area contributed by atoms with E-state index in [0.717, 1.165) is 12.8 Å². The first-order valence-corrected chi connectivity index (χ1v) is 16.6. The van der Waals surface area contributed by atoms with Gasteiger partial charge in [0, 0.05) is 0 Å². The van der Waals surface area contributed by atoms with Crippen LogP contribution in [0.5, 0.6) is 0 Å². The summed E-state index contributed by atoms with van der Waals surface area (Å²) in [4.78, 5) is 43.8. The molecule has 3 N–H and O–H groups in total. The Balaban J connectivity index is 2.49. The van der Waals surface area contributed by atoms with Gasteiger partial charge in [-0.25, -0.2) is 0 Å². The van der Waals surface area contributed by atoms with Gasteiger partial charge in [-0.2, -0.15) is 0 Å². The summed E-state index contributed by atoms with van der Waals surface area (Å²) in [5.74, 6) is -0.404. The zero-order valence-electron chi connectivity index (χ0n) is 24.9. The van der Waals surface area contributed by atoms with E-state index in [1.54, 1.807) is 12.1 Å². The van der Waals surface area contributed by atoms with Crippen molar-refractivity contribution in [2.75, 3.05) is 6.61 Å². The fourth-order valence-electron chi connectivity index (χ4n) is 4.85. The van der Waals surface area contributed by atoms with Gasteiger partial charge < -0.3 is 0 Å². The quantitative estimate of drug-likeness (QED) is 0.106. The third kappa shape index (κ3) is 13.1. The van der Waals surface area contributed by atoms with Gasteiger partial charge in [-0.05, 0) is 0 Å². The van der Waals surface area contributed by atoms with Gasteiger partial charge in [0.1, 0.15) is 0 Å². The van der Waals surface area contributed by atoms with Crippen molar-refractivity contribution < 1.29 is 24.2 Å². The second-order valence-electron chi connectivity index (χ2n) is 12.8. The molecular weight excluding hydrogens is 483 g/mol. The van der Waals surface area contributed by atoms with Crippen molar-refractivity contribution in [1.82, 2.24) is 0 Å². The fourth-order valence-corrected chi connectivity index (χ4v) is 6.47. The molecule has 0 saturated carbocycles. The molecule has 0 aliphatic heterocycles. The number of carbonyl (C=O) groups is 1. The molecule has 0 spiro atoms. The molecule has 1 aromatic rings. The summed E-state index contributed by atoms with van der Waals surface area (Å²) < 4.78 is 5.58. The van der Waals surface area contributed by atoms with Crippen molar-refractivity contribution in [1.29, 1.82) is 0 Å². The molecule has 6 heteroatoms. The Labute approximate surface area is 228 Å². The van der Waals surface area contributed by atoms with E-state index in [0.29, 0.717) is 23.3 Å². The molecule has 0 bridgehead atoms. The van der Waals surface area contributed by atoms with E-state index in [9.17, 15) is 19.5 Å². The van der Waals surface area contributed by atoms with Crippen LogP contribution in [-0.4, -0.2) is 27.3 Å². The first-order valence-electron chi connectivity index (χ1n) is 14.7. The molecule has 0 aliphatic carbocycles. The summed E-state index contributed by atoms with van der Waals surface area (Å²) in [7, 11) is -4.62. The molecule has 0 amide bonds. The second-order valence-corrected chi connectivity index (χ2v) is 14.6. The Morgan fingerprint density at radius 2 is 1.03 bits per heavy atom. The van der Waals surface area contributed by atoms with Gasteiger partial charge in [-0.1, -0.05) is 64.7 Å². The van der Waals surface area contributed by atoms with Gasteiger partial charge in [0.15, 0.2) is 0 Å². The molecule has 0 fully saturated rings. The molecule has 0 radical (unpaired) electrons. The van der Waals surface area contributed by atoms with Crippen LogP contribution in [-0.2, 0) is 15.6 Å². The van der Waals surface area contributed by atoms with Crippen molar-refractivity contribution in [3.8, 4) is 0 Å². The van der Waals surface area contributed by atoms with Gasteiger partial charge in [0.05, 0.1) is 0 Å². The van der Waals surface area contributed by atoms with Crippen LogP contribution in [0.1, 0.15) is 160 Å². The van der Waals surface area contributed by atoms with Crippen LogP contribution in [0.4, 0.5) is 0 Å². The van der Waals surface area contributed by atoms with Crippen molar-refractivity contribution in [2.24, 2.45) is 0 Å². The van der Waals surface area contributed by atoms with E-state index >= 15 is 0 Å². The number of rotatable bonds is 17. The van der Waals surface area contributed by atoms with Gasteiger partial charge in [0.2, 0.25) is 0 Å². The third-order valence-corrected chi connectivity index (χ3v) is 8.27. The molecule has 0 heterocycles. The van der Waals surface area contributed by atoms with E-state index in [2.05, 4.69) is 6.92 Å². The predicted octanol–water partition coefficient (Wildman–Crippen LogP) is 8.02. The topological polar surface area (TPSA) is 87.0 Å². The van der Waals surface area contributed by atoms with E-state index in [-0.39, 0.29) is 5.30 Å². The number of unbranched alkanes of at least 4 members (excludes halogenated alkanes) is 13. The first kappa shape index (κ1) is 34.0. The third-order valence-electron chi connectivity index (χ3n) is 7.06. The Morgan fingerprint density at radius 3 is 1.35 bits per heavy atom. The minimum absolute atomic E-state index is 0.177. The van der Waals surface area contributed by atoms with Crippen LogP contribution in [0.25, 0.3) is 0 Å². The second kappa shape index (κ2) is 16.2. The van der Waals surface area contributed by atoms with E-state index in [4.69, 9.17) is 4.74 Å². The summed E-state index contributed by atoms with van der Waals surface area (Å²) in [5.41, 5.74) is 0.548. The molecule has 0 unspecified atom stereocenters. The Bertz CT molecular complexity index is 764. The Kier molecular flexibility index (Phi) is 14.9. The average Bonchev–Trinajstić information content (AvgIpc) is 2.78. The summed E-state index contributed by atoms with van der Waals surface area (Å²) in [6.45, 7) is 14.2. The number of benzene rings is 1. The number of ether oxygens (including phenoxy) is 1. The van der Waals surface area contributed by atoms with Crippen molar-refractivity contribution >= 4 is 19.2 Å². The van der Waals surface area contributed by atoms with Crippen LogP contribution < -0.4 is 5.30 Å². The molecule has 0 aliphatic rings. The monoisotopic (exact) mass is 540 g/mol. The number of hydrogen-bond acceptors (Lipinski definition) is 5. The molecule has 0 aromatic heterocycles. The SMILES string of the molecule is CCCCCCCCCCCCCCCCOC(=O)c1cc(C(C)(C)C)c([PH](O)(O)O)c(C(C)(C)C)c1. The molecule has 0 saturated heterocycles. The molecule has 0 atom stereocenters. The summed E-state index contributed by atoms with van der Waals surface area (Å²) in [5, 5.41) is 0.177. The molecular formula is C31H57O5P. The summed E-state index contributed by atoms with van der Waals surface area (Å²) in [6.07, 6.45) is 17.9. The van der Waals surface area contributed by atoms with Gasteiger partial charge in [0.25, 0.3) is 0 Å². The Morgan fingerprint density at radius 1 is 0.676 bits per heavy atom. The molecule has 216 valence electrons. The maximum atomic E-state index is 12.9. The fraction of sp³-hybridized carbons (Fsp3) is 0.774. The van der Waals surface area contributed by atoms with Gasteiger partial charge in [-0.3, -0.25) is 0 Å². The maximum absolute atomic E-state index is 12.9. The number of carbonyl (C=O) groups excluding carboxylic acids is 1. The Hall–Kier alpha value is -1.00. The summed E-state index contributed by atoms with van der Waals surface area (Å²) >= 11 is 0. The van der Waals surface area contributed by atoms with E-state index < -0.39 is 24.7 Å². The number of esters is 1. The van der Waals surface area contributed by atoms with Gasteiger partial charge >= 0.3 is 163 Å². The molecule has 1 aromatic carbocycles. The first-order chi connectivity index (χ1) is 17.2. The zero-order chi connectivity index (χ0) is 28.1. The van der Waals surface area contributed by atoms with Crippen LogP contribution >= 0.6 is 7.94 Å². The predicted molar refractivity (Wildman–Crippen MR) is 159 cm³/mol. The number of hydrogen-bond donors (Lipinski definition) is 3. The van der Waals surface area contributed by atoms with Crippen LogP contribution in [0.2, 0.25) is 0 Å². The summed E-state index contributed by atoms with van der Waals surface area (Å²) in [6, 6.07) is 3.31. The van der Waals surface area contributed by atoms with Crippen LogP contribution in [0.15, 0.2) is 12.1 Å². The van der Waals surface area contributed by atoms with Crippen molar-refractivity contribution in [3.63, 3.8) is 0 Å². The molecule has 1 rings (SSSR count). The van der Waals surface area contributed by atoms with Crippen LogP contribution in [0, 0.1) is 0 Å². The van der Waals surface area contributed by atoms with Crippen LogP contribution in [0.3, 0.4) is 0 Å². The normalized spacial score (nSPS) is 13.1.